The van der Waals surface area contributed by atoms with Crippen molar-refractivity contribution >= 4 is 5.97 Å². The van der Waals surface area contributed by atoms with Crippen LogP contribution < -0.4 is 0 Å². The number of hydrogen-bond donors (Lipinski definition) is 1. The third-order valence-electron chi connectivity index (χ3n) is 4.68. The lowest BCUT2D eigenvalue weighted by Gasteiger charge is -2.20. The van der Waals surface area contributed by atoms with Crippen molar-refractivity contribution in [3.63, 3.8) is 0 Å². The molecule has 0 aromatic carbocycles. The summed E-state index contributed by atoms with van der Waals surface area (Å²) in [6.07, 6.45) is 12.4. The Morgan fingerprint density at radius 1 is 1.11 bits per heavy atom. The number of nitrogens with zero attached hydrogens (tertiary/aromatic N) is 2. The molecule has 0 spiro atoms. The Hall–Kier alpha value is -1.32. The van der Waals surface area contributed by atoms with Gasteiger partial charge in [-0.25, -0.2) is 4.79 Å². The van der Waals surface area contributed by atoms with Gasteiger partial charge in [0.25, 0.3) is 0 Å². The minimum atomic E-state index is -0.815. The average molecular weight is 262 g/mol. The number of carboxylic acids is 1. The summed E-state index contributed by atoms with van der Waals surface area (Å²) in [6, 6.07) is 0.426. The second-order valence-corrected chi connectivity index (χ2v) is 5.99. The summed E-state index contributed by atoms with van der Waals surface area (Å²) in [5.41, 5.74) is 1.29. The van der Waals surface area contributed by atoms with Crippen molar-refractivity contribution in [3.05, 3.63) is 17.5 Å². The van der Waals surface area contributed by atoms with Gasteiger partial charge in [-0.05, 0) is 25.7 Å². The fraction of sp³-hybridized carbons (Fsp3) is 0.733. The van der Waals surface area contributed by atoms with E-state index >= 15 is 0 Å². The Kier molecular flexibility index (Phi) is 3.58. The van der Waals surface area contributed by atoms with Gasteiger partial charge in [-0.1, -0.05) is 32.1 Å². The number of rotatable bonds is 3. The molecule has 19 heavy (non-hydrogen) atoms. The molecule has 4 heteroatoms. The smallest absolute Gasteiger partial charge is 0.339 e. The zero-order valence-electron chi connectivity index (χ0n) is 11.3. The topological polar surface area (TPSA) is 55.1 Å². The molecule has 2 aliphatic carbocycles. The Morgan fingerprint density at radius 2 is 1.74 bits per heavy atom. The van der Waals surface area contributed by atoms with E-state index in [-0.39, 0.29) is 0 Å². The number of aromatic nitrogens is 2. The Morgan fingerprint density at radius 3 is 2.37 bits per heavy atom. The van der Waals surface area contributed by atoms with E-state index in [1.165, 1.54) is 32.1 Å². The van der Waals surface area contributed by atoms with Gasteiger partial charge in [0.15, 0.2) is 0 Å². The molecule has 1 heterocycles. The van der Waals surface area contributed by atoms with Gasteiger partial charge in [-0.15, -0.1) is 0 Å². The summed E-state index contributed by atoms with van der Waals surface area (Å²) in [4.78, 5) is 11.4. The van der Waals surface area contributed by atoms with E-state index in [2.05, 4.69) is 5.10 Å². The van der Waals surface area contributed by atoms with Gasteiger partial charge in [-0.3, -0.25) is 4.68 Å². The minimum absolute atomic E-state index is 0.363. The molecule has 0 radical (unpaired) electrons. The second-order valence-electron chi connectivity index (χ2n) is 5.99. The number of carboxylic acid groups (broad SMARTS) is 1. The molecule has 0 aliphatic heterocycles. The largest absolute Gasteiger partial charge is 0.478 e. The van der Waals surface area contributed by atoms with Gasteiger partial charge >= 0.3 is 5.97 Å². The summed E-state index contributed by atoms with van der Waals surface area (Å²) in [7, 11) is 0. The standard InChI is InChI=1S/C15H22N2O2/c18-15(19)13-10-17(12-8-4-5-9-12)16-14(13)11-6-2-1-3-7-11/h10-12H,1-9H2,(H,18,19). The first-order valence-corrected chi connectivity index (χ1v) is 7.58. The summed E-state index contributed by atoms with van der Waals surface area (Å²) < 4.78 is 1.94. The van der Waals surface area contributed by atoms with E-state index in [1.54, 1.807) is 6.20 Å². The highest BCUT2D eigenvalue weighted by atomic mass is 16.4. The number of carbonyl (C=O) groups is 1. The monoisotopic (exact) mass is 262 g/mol. The van der Waals surface area contributed by atoms with Gasteiger partial charge in [0.2, 0.25) is 0 Å². The van der Waals surface area contributed by atoms with Gasteiger partial charge in [0.05, 0.1) is 11.7 Å². The highest BCUT2D eigenvalue weighted by Crippen LogP contribution is 2.35. The van der Waals surface area contributed by atoms with Crippen LogP contribution in [0, 0.1) is 0 Å². The highest BCUT2D eigenvalue weighted by molar-refractivity contribution is 5.88. The second kappa shape index (κ2) is 5.35. The van der Waals surface area contributed by atoms with Crippen molar-refractivity contribution < 1.29 is 9.90 Å². The normalized spacial score (nSPS) is 21.9. The summed E-state index contributed by atoms with van der Waals surface area (Å²) in [5, 5.41) is 14.1. The van der Waals surface area contributed by atoms with Crippen LogP contribution in [0.1, 0.15) is 85.8 Å². The molecule has 1 aromatic rings. The number of hydrogen-bond acceptors (Lipinski definition) is 2. The van der Waals surface area contributed by atoms with Crippen LogP contribution in [-0.4, -0.2) is 20.9 Å². The van der Waals surface area contributed by atoms with E-state index in [0.29, 0.717) is 17.5 Å². The van der Waals surface area contributed by atoms with E-state index in [9.17, 15) is 9.90 Å². The Bertz CT molecular complexity index is 455. The molecule has 0 saturated heterocycles. The zero-order valence-corrected chi connectivity index (χ0v) is 11.3. The van der Waals surface area contributed by atoms with Crippen LogP contribution in [-0.2, 0) is 0 Å². The van der Waals surface area contributed by atoms with Crippen LogP contribution in [0.2, 0.25) is 0 Å². The average Bonchev–Trinajstić information content (AvgIpc) is 3.08. The maximum absolute atomic E-state index is 11.4. The minimum Gasteiger partial charge on any atom is -0.478 e. The van der Waals surface area contributed by atoms with Gasteiger partial charge in [-0.2, -0.15) is 5.10 Å². The van der Waals surface area contributed by atoms with Crippen molar-refractivity contribution in [1.82, 2.24) is 9.78 Å². The molecule has 0 atom stereocenters. The molecular formula is C15H22N2O2. The quantitative estimate of drug-likeness (QED) is 0.902. The first kappa shape index (κ1) is 12.7. The van der Waals surface area contributed by atoms with Gasteiger partial charge < -0.3 is 5.11 Å². The van der Waals surface area contributed by atoms with Gasteiger partial charge in [0, 0.05) is 12.1 Å². The van der Waals surface area contributed by atoms with Crippen molar-refractivity contribution in [3.8, 4) is 0 Å². The third kappa shape index (κ3) is 2.53. The first-order valence-electron chi connectivity index (χ1n) is 7.58. The maximum Gasteiger partial charge on any atom is 0.339 e. The molecule has 1 N–H and O–H groups in total. The van der Waals surface area contributed by atoms with Crippen molar-refractivity contribution in [2.45, 2.75) is 69.7 Å². The molecular weight excluding hydrogens is 240 g/mol. The fourth-order valence-corrected chi connectivity index (χ4v) is 3.60. The molecule has 2 fully saturated rings. The van der Waals surface area contributed by atoms with E-state index in [0.717, 1.165) is 31.4 Å². The predicted molar refractivity (Wildman–Crippen MR) is 72.5 cm³/mol. The summed E-state index contributed by atoms with van der Waals surface area (Å²) in [6.45, 7) is 0. The molecule has 2 saturated carbocycles. The lowest BCUT2D eigenvalue weighted by atomic mass is 9.85. The number of aromatic carboxylic acids is 1. The Labute approximate surface area is 113 Å². The van der Waals surface area contributed by atoms with E-state index < -0.39 is 5.97 Å². The van der Waals surface area contributed by atoms with Crippen LogP contribution in [0.5, 0.6) is 0 Å². The highest BCUT2D eigenvalue weighted by Gasteiger charge is 2.27. The van der Waals surface area contributed by atoms with E-state index in [4.69, 9.17) is 0 Å². The lowest BCUT2D eigenvalue weighted by Crippen LogP contribution is -2.10. The molecule has 0 bridgehead atoms. The van der Waals surface area contributed by atoms with Crippen molar-refractivity contribution in [2.75, 3.05) is 0 Å². The first-order chi connectivity index (χ1) is 9.25. The van der Waals surface area contributed by atoms with Crippen LogP contribution in [0.25, 0.3) is 0 Å². The molecule has 4 nitrogen and oxygen atoms in total. The van der Waals surface area contributed by atoms with Crippen LogP contribution in [0.3, 0.4) is 0 Å². The Balaban J connectivity index is 1.89. The molecule has 0 amide bonds. The zero-order chi connectivity index (χ0) is 13.2. The molecule has 3 rings (SSSR count). The van der Waals surface area contributed by atoms with Crippen molar-refractivity contribution in [1.29, 1.82) is 0 Å². The molecule has 2 aliphatic rings. The maximum atomic E-state index is 11.4. The van der Waals surface area contributed by atoms with Crippen LogP contribution in [0.15, 0.2) is 6.20 Å². The molecule has 1 aromatic heterocycles. The lowest BCUT2D eigenvalue weighted by molar-refractivity contribution is 0.0694. The molecule has 104 valence electrons. The van der Waals surface area contributed by atoms with Crippen LogP contribution >= 0.6 is 0 Å². The predicted octanol–water partition coefficient (Wildman–Crippen LogP) is 3.74. The fourth-order valence-electron chi connectivity index (χ4n) is 3.60. The van der Waals surface area contributed by atoms with Gasteiger partial charge in [0.1, 0.15) is 5.56 Å². The molecule has 0 unspecified atom stereocenters. The summed E-state index contributed by atoms with van der Waals surface area (Å²) >= 11 is 0. The third-order valence-corrected chi connectivity index (χ3v) is 4.68. The summed E-state index contributed by atoms with van der Waals surface area (Å²) in [5.74, 6) is -0.452. The SMILES string of the molecule is O=C(O)c1cn(C2CCCC2)nc1C1CCCCC1. The van der Waals surface area contributed by atoms with Crippen LogP contribution in [0.4, 0.5) is 0 Å². The van der Waals surface area contributed by atoms with E-state index in [1.807, 2.05) is 4.68 Å². The van der Waals surface area contributed by atoms with Crippen molar-refractivity contribution in [2.24, 2.45) is 0 Å².